The number of aryl methyl sites for hydroxylation is 1. The summed E-state index contributed by atoms with van der Waals surface area (Å²) < 4.78 is 70.1. The fourth-order valence-corrected chi connectivity index (χ4v) is 4.91. The maximum atomic E-state index is 12.8. The molecule has 0 spiro atoms. The molecule has 0 aliphatic carbocycles. The van der Waals surface area contributed by atoms with Crippen LogP contribution in [0.15, 0.2) is 58.2 Å². The van der Waals surface area contributed by atoms with Crippen LogP contribution in [-0.4, -0.2) is 64.8 Å². The highest BCUT2D eigenvalue weighted by molar-refractivity contribution is 7.89. The minimum atomic E-state index is -4.55. The Kier molecular flexibility index (Phi) is 6.66. The number of benzene rings is 1. The van der Waals surface area contributed by atoms with Crippen LogP contribution in [-0.2, 0) is 27.4 Å². The monoisotopic (exact) mass is 495 g/mol. The number of rotatable bonds is 6. The van der Waals surface area contributed by atoms with Gasteiger partial charge in [0, 0.05) is 57.0 Å². The molecule has 1 amide bonds. The molecule has 1 fully saturated rings. The number of pyridine rings is 1. The Bertz CT molecular complexity index is 1240. The normalized spacial score (nSPS) is 15.4. The fraction of sp³-hybridized carbons (Fsp3) is 0.333. The van der Waals surface area contributed by atoms with Gasteiger partial charge in [0.2, 0.25) is 27.6 Å². The number of alkyl halides is 3. The van der Waals surface area contributed by atoms with Crippen molar-refractivity contribution in [1.82, 2.24) is 24.3 Å². The van der Waals surface area contributed by atoms with Crippen LogP contribution in [0.3, 0.4) is 0 Å². The molecule has 4 rings (SSSR count). The summed E-state index contributed by atoms with van der Waals surface area (Å²) in [6, 6.07) is 6.89. The number of amides is 1. The van der Waals surface area contributed by atoms with Crippen LogP contribution >= 0.6 is 0 Å². The van der Waals surface area contributed by atoms with E-state index < -0.39 is 21.8 Å². The van der Waals surface area contributed by atoms with Gasteiger partial charge >= 0.3 is 6.18 Å². The Morgan fingerprint density at radius 3 is 2.38 bits per heavy atom. The van der Waals surface area contributed by atoms with E-state index >= 15 is 0 Å². The fourth-order valence-electron chi connectivity index (χ4n) is 3.48. The number of carbonyl (C=O) groups is 1. The highest BCUT2D eigenvalue weighted by Gasteiger charge is 2.33. The van der Waals surface area contributed by atoms with Gasteiger partial charge in [-0.2, -0.15) is 22.5 Å². The second-order valence-corrected chi connectivity index (χ2v) is 9.50. The molecule has 0 bridgehead atoms. The van der Waals surface area contributed by atoms with Crippen molar-refractivity contribution in [2.24, 2.45) is 0 Å². The molecular formula is C21H20F3N5O4S. The molecule has 180 valence electrons. The summed E-state index contributed by atoms with van der Waals surface area (Å²) in [5.74, 6) is 0.487. The van der Waals surface area contributed by atoms with E-state index in [0.29, 0.717) is 17.3 Å². The summed E-state index contributed by atoms with van der Waals surface area (Å²) in [4.78, 5) is 22.1. The van der Waals surface area contributed by atoms with Gasteiger partial charge in [-0.05, 0) is 36.4 Å². The first-order chi connectivity index (χ1) is 16.1. The van der Waals surface area contributed by atoms with Gasteiger partial charge in [0.05, 0.1) is 10.5 Å². The number of halogens is 3. The second-order valence-electron chi connectivity index (χ2n) is 7.56. The van der Waals surface area contributed by atoms with Gasteiger partial charge in [0.25, 0.3) is 0 Å². The first-order valence-corrected chi connectivity index (χ1v) is 11.8. The summed E-state index contributed by atoms with van der Waals surface area (Å²) in [7, 11) is -3.96. The van der Waals surface area contributed by atoms with Gasteiger partial charge in [-0.15, -0.1) is 0 Å². The quantitative estimate of drug-likeness (QED) is 0.517. The molecular weight excluding hydrogens is 475 g/mol. The standard InChI is InChI=1S/C21H20F3N5O4S/c22-21(23,24)16-3-5-17(6-4-16)34(31,32)29-12-10-28(11-13-29)19(30)8-7-18-26-20(27-33-18)15-2-1-9-25-14-15/h1-6,9,14H,7-8,10-13H2. The molecule has 1 saturated heterocycles. The molecule has 3 heterocycles. The molecule has 3 aromatic rings. The number of hydrogen-bond donors (Lipinski definition) is 0. The first-order valence-electron chi connectivity index (χ1n) is 10.3. The van der Waals surface area contributed by atoms with Gasteiger partial charge in [-0.3, -0.25) is 9.78 Å². The van der Waals surface area contributed by atoms with E-state index in [1.54, 1.807) is 24.5 Å². The number of sulfonamides is 1. The highest BCUT2D eigenvalue weighted by Crippen LogP contribution is 2.30. The minimum absolute atomic E-state index is 0.0425. The molecule has 1 aliphatic heterocycles. The minimum Gasteiger partial charge on any atom is -0.340 e. The molecule has 0 unspecified atom stereocenters. The van der Waals surface area contributed by atoms with Gasteiger partial charge in [0.1, 0.15) is 0 Å². The van der Waals surface area contributed by atoms with Crippen molar-refractivity contribution in [2.75, 3.05) is 26.2 Å². The number of nitrogens with zero attached hydrogens (tertiary/aromatic N) is 5. The third-order valence-electron chi connectivity index (χ3n) is 5.35. The van der Waals surface area contributed by atoms with Crippen LogP contribution in [0, 0.1) is 0 Å². The van der Waals surface area contributed by atoms with Crippen molar-refractivity contribution in [3.05, 3.63) is 60.2 Å². The predicted octanol–water partition coefficient (Wildman–Crippen LogP) is 2.62. The van der Waals surface area contributed by atoms with E-state index in [2.05, 4.69) is 15.1 Å². The lowest BCUT2D eigenvalue weighted by Crippen LogP contribution is -2.50. The van der Waals surface area contributed by atoms with Gasteiger partial charge in [-0.25, -0.2) is 8.42 Å². The van der Waals surface area contributed by atoms with Crippen molar-refractivity contribution in [1.29, 1.82) is 0 Å². The average Bonchev–Trinajstić information content (AvgIpc) is 3.32. The van der Waals surface area contributed by atoms with Crippen molar-refractivity contribution >= 4 is 15.9 Å². The summed E-state index contributed by atoms with van der Waals surface area (Å²) in [6.45, 7) is 0.425. The largest absolute Gasteiger partial charge is 0.416 e. The molecule has 9 nitrogen and oxygen atoms in total. The molecule has 34 heavy (non-hydrogen) atoms. The zero-order chi connectivity index (χ0) is 24.3. The molecule has 0 saturated carbocycles. The topological polar surface area (TPSA) is 109 Å². The van der Waals surface area contributed by atoms with Crippen LogP contribution in [0.1, 0.15) is 17.9 Å². The summed E-state index contributed by atoms with van der Waals surface area (Å²) >= 11 is 0. The predicted molar refractivity (Wildman–Crippen MR) is 113 cm³/mol. The highest BCUT2D eigenvalue weighted by atomic mass is 32.2. The van der Waals surface area contributed by atoms with Crippen molar-refractivity contribution in [2.45, 2.75) is 23.9 Å². The molecule has 0 atom stereocenters. The number of carbonyl (C=O) groups excluding carboxylic acids is 1. The number of hydrogen-bond acceptors (Lipinski definition) is 7. The van der Waals surface area contributed by atoms with E-state index in [-0.39, 0.29) is 49.8 Å². The molecule has 1 aliphatic rings. The first kappa shape index (κ1) is 23.8. The summed E-state index contributed by atoms with van der Waals surface area (Å²) in [6.07, 6.45) is -0.984. The summed E-state index contributed by atoms with van der Waals surface area (Å²) in [5.41, 5.74) is -0.232. The van der Waals surface area contributed by atoms with E-state index in [1.165, 1.54) is 4.90 Å². The van der Waals surface area contributed by atoms with E-state index in [1.807, 2.05) is 0 Å². The molecule has 13 heteroatoms. The molecule has 0 radical (unpaired) electrons. The van der Waals surface area contributed by atoms with Crippen LogP contribution < -0.4 is 0 Å². The lowest BCUT2D eigenvalue weighted by Gasteiger charge is -2.34. The van der Waals surface area contributed by atoms with Crippen molar-refractivity contribution in [3.63, 3.8) is 0 Å². The van der Waals surface area contributed by atoms with Crippen LogP contribution in [0.2, 0.25) is 0 Å². The third-order valence-corrected chi connectivity index (χ3v) is 7.26. The third kappa shape index (κ3) is 5.25. The van der Waals surface area contributed by atoms with Gasteiger partial charge in [0.15, 0.2) is 0 Å². The molecule has 1 aromatic carbocycles. The van der Waals surface area contributed by atoms with Crippen LogP contribution in [0.5, 0.6) is 0 Å². The smallest absolute Gasteiger partial charge is 0.340 e. The lowest BCUT2D eigenvalue weighted by atomic mass is 10.2. The Morgan fingerprint density at radius 2 is 1.76 bits per heavy atom. The van der Waals surface area contributed by atoms with Gasteiger partial charge < -0.3 is 9.42 Å². The Morgan fingerprint density at radius 1 is 1.06 bits per heavy atom. The number of piperazine rings is 1. The van der Waals surface area contributed by atoms with Gasteiger partial charge in [-0.1, -0.05) is 5.16 Å². The van der Waals surface area contributed by atoms with Crippen LogP contribution in [0.4, 0.5) is 13.2 Å². The van der Waals surface area contributed by atoms with E-state index in [9.17, 15) is 26.4 Å². The lowest BCUT2D eigenvalue weighted by molar-refractivity contribution is -0.137. The Hall–Kier alpha value is -3.32. The zero-order valence-electron chi connectivity index (χ0n) is 17.8. The van der Waals surface area contributed by atoms with Crippen LogP contribution in [0.25, 0.3) is 11.4 Å². The van der Waals surface area contributed by atoms with Crippen molar-refractivity contribution < 1.29 is 30.9 Å². The Balaban J connectivity index is 1.30. The molecule has 0 N–H and O–H groups in total. The van der Waals surface area contributed by atoms with Crippen molar-refractivity contribution in [3.8, 4) is 11.4 Å². The Labute approximate surface area is 193 Å². The summed E-state index contributed by atoms with van der Waals surface area (Å²) in [5, 5.41) is 3.87. The zero-order valence-corrected chi connectivity index (χ0v) is 18.6. The SMILES string of the molecule is O=C(CCc1nc(-c2cccnc2)no1)N1CCN(S(=O)(=O)c2ccc(C(F)(F)F)cc2)CC1. The maximum Gasteiger partial charge on any atom is 0.416 e. The second kappa shape index (κ2) is 9.50. The van der Waals surface area contributed by atoms with E-state index in [0.717, 1.165) is 28.6 Å². The average molecular weight is 495 g/mol. The van der Waals surface area contributed by atoms with E-state index in [4.69, 9.17) is 4.52 Å². The maximum absolute atomic E-state index is 12.8. The molecule has 2 aromatic heterocycles. The number of aromatic nitrogens is 3.